The van der Waals surface area contributed by atoms with Crippen LogP contribution in [0.15, 0.2) is 0 Å². The second-order valence-corrected chi connectivity index (χ2v) is 3.88. The van der Waals surface area contributed by atoms with Gasteiger partial charge in [-0.2, -0.15) is 0 Å². The Morgan fingerprint density at radius 1 is 1.55 bits per heavy atom. The van der Waals surface area contributed by atoms with E-state index in [0.29, 0.717) is 5.92 Å². The summed E-state index contributed by atoms with van der Waals surface area (Å²) in [5.41, 5.74) is 0. The van der Waals surface area contributed by atoms with Gasteiger partial charge in [-0.15, -0.1) is 0 Å². The van der Waals surface area contributed by atoms with Crippen molar-refractivity contribution < 1.29 is 0 Å². The highest BCUT2D eigenvalue weighted by Crippen LogP contribution is 2.17. The van der Waals surface area contributed by atoms with Gasteiger partial charge in [-0.1, -0.05) is 20.8 Å². The van der Waals surface area contributed by atoms with Crippen molar-refractivity contribution in [2.45, 2.75) is 27.2 Å². The first-order chi connectivity index (χ1) is 5.11. The van der Waals surface area contributed by atoms with E-state index in [4.69, 9.17) is 5.41 Å². The van der Waals surface area contributed by atoms with Gasteiger partial charge in [0.15, 0.2) is 0 Å². The van der Waals surface area contributed by atoms with Crippen LogP contribution in [0.25, 0.3) is 0 Å². The van der Waals surface area contributed by atoms with E-state index in [2.05, 4.69) is 25.7 Å². The first-order valence-corrected chi connectivity index (χ1v) is 4.44. The summed E-state index contributed by atoms with van der Waals surface area (Å²) in [6, 6.07) is 0. The van der Waals surface area contributed by atoms with Gasteiger partial charge in [-0.05, 0) is 12.3 Å². The van der Waals surface area contributed by atoms with Crippen LogP contribution in [0, 0.1) is 17.2 Å². The fraction of sp³-hybridized carbons (Fsp3) is 0.889. The number of hydrogen-bond donors (Lipinski definition) is 1. The maximum Gasteiger partial charge on any atom is 0.0983 e. The third-order valence-corrected chi connectivity index (χ3v) is 2.31. The Labute approximate surface area is 69.1 Å². The molecule has 1 fully saturated rings. The average Bonchev–Trinajstić information content (AvgIpc) is 2.34. The van der Waals surface area contributed by atoms with Crippen molar-refractivity contribution in [1.82, 2.24) is 4.90 Å². The fourth-order valence-electron chi connectivity index (χ4n) is 1.52. The minimum atomic E-state index is 0.389. The molecule has 0 bridgehead atoms. The zero-order valence-corrected chi connectivity index (χ0v) is 7.72. The van der Waals surface area contributed by atoms with Gasteiger partial charge in [-0.3, -0.25) is 5.41 Å². The number of nitrogens with one attached hydrogen (secondary N) is 1. The van der Waals surface area contributed by atoms with Crippen molar-refractivity contribution in [3.63, 3.8) is 0 Å². The van der Waals surface area contributed by atoms with Crippen LogP contribution in [0.4, 0.5) is 0 Å². The second kappa shape index (κ2) is 3.24. The summed E-state index contributed by atoms with van der Waals surface area (Å²) in [5.74, 6) is 1.99. The predicted octanol–water partition coefficient (Wildman–Crippen LogP) is 1.96. The molecule has 0 aliphatic carbocycles. The molecule has 1 N–H and O–H groups in total. The monoisotopic (exact) mass is 154 g/mol. The molecule has 11 heavy (non-hydrogen) atoms. The van der Waals surface area contributed by atoms with Gasteiger partial charge >= 0.3 is 0 Å². The molecule has 0 aromatic heterocycles. The lowest BCUT2D eigenvalue weighted by molar-refractivity contribution is 0.465. The molecule has 1 saturated heterocycles. The Morgan fingerprint density at radius 2 is 2.18 bits per heavy atom. The SMILES string of the molecule is CC1CCN(C(=N)C(C)C)C1. The molecule has 0 amide bonds. The fourth-order valence-corrected chi connectivity index (χ4v) is 1.52. The van der Waals surface area contributed by atoms with Crippen molar-refractivity contribution in [1.29, 1.82) is 5.41 Å². The molecule has 2 heteroatoms. The summed E-state index contributed by atoms with van der Waals surface area (Å²) in [7, 11) is 0. The lowest BCUT2D eigenvalue weighted by Gasteiger charge is -2.21. The summed E-state index contributed by atoms with van der Waals surface area (Å²) in [6.07, 6.45) is 1.26. The largest absolute Gasteiger partial charge is 0.360 e. The van der Waals surface area contributed by atoms with E-state index < -0.39 is 0 Å². The molecule has 0 saturated carbocycles. The van der Waals surface area contributed by atoms with Crippen molar-refractivity contribution in [2.75, 3.05) is 13.1 Å². The number of rotatable bonds is 1. The van der Waals surface area contributed by atoms with E-state index >= 15 is 0 Å². The van der Waals surface area contributed by atoms with Crippen LogP contribution in [0.5, 0.6) is 0 Å². The third-order valence-electron chi connectivity index (χ3n) is 2.31. The molecule has 0 radical (unpaired) electrons. The summed E-state index contributed by atoms with van der Waals surface area (Å²) >= 11 is 0. The molecule has 0 spiro atoms. The summed E-state index contributed by atoms with van der Waals surface area (Å²) in [6.45, 7) is 8.62. The highest BCUT2D eigenvalue weighted by molar-refractivity contribution is 5.81. The van der Waals surface area contributed by atoms with E-state index in [0.717, 1.165) is 24.8 Å². The molecule has 64 valence electrons. The van der Waals surface area contributed by atoms with E-state index in [1.54, 1.807) is 0 Å². The van der Waals surface area contributed by atoms with Gasteiger partial charge in [0.25, 0.3) is 0 Å². The van der Waals surface area contributed by atoms with Gasteiger partial charge < -0.3 is 4.90 Å². The van der Waals surface area contributed by atoms with Crippen LogP contribution in [0.1, 0.15) is 27.2 Å². The van der Waals surface area contributed by atoms with Crippen LogP contribution in [0.2, 0.25) is 0 Å². The second-order valence-electron chi connectivity index (χ2n) is 3.88. The van der Waals surface area contributed by atoms with E-state index in [-0.39, 0.29) is 0 Å². The Bertz CT molecular complexity index is 152. The summed E-state index contributed by atoms with van der Waals surface area (Å²) < 4.78 is 0. The molecule has 1 heterocycles. The lowest BCUT2D eigenvalue weighted by Crippen LogP contribution is -2.31. The molecule has 0 aromatic carbocycles. The van der Waals surface area contributed by atoms with Gasteiger partial charge in [0, 0.05) is 19.0 Å². The first-order valence-electron chi connectivity index (χ1n) is 4.44. The Morgan fingerprint density at radius 3 is 2.55 bits per heavy atom. The highest BCUT2D eigenvalue weighted by atomic mass is 15.2. The van der Waals surface area contributed by atoms with Gasteiger partial charge in [0.1, 0.15) is 0 Å². The normalized spacial score (nSPS) is 24.7. The minimum Gasteiger partial charge on any atom is -0.360 e. The average molecular weight is 154 g/mol. The van der Waals surface area contributed by atoms with Crippen LogP contribution in [0.3, 0.4) is 0 Å². The zero-order chi connectivity index (χ0) is 8.43. The van der Waals surface area contributed by atoms with Crippen LogP contribution >= 0.6 is 0 Å². The van der Waals surface area contributed by atoms with E-state index in [1.807, 2.05) is 0 Å². The Kier molecular flexibility index (Phi) is 2.53. The Balaban J connectivity index is 2.43. The molecular formula is C9H18N2. The molecule has 1 unspecified atom stereocenters. The summed E-state index contributed by atoms with van der Waals surface area (Å²) in [4.78, 5) is 2.20. The Hall–Kier alpha value is -0.530. The van der Waals surface area contributed by atoms with Gasteiger partial charge in [-0.25, -0.2) is 0 Å². The maximum atomic E-state index is 7.76. The number of nitrogens with zero attached hydrogens (tertiary/aromatic N) is 1. The molecular weight excluding hydrogens is 136 g/mol. The van der Waals surface area contributed by atoms with Crippen molar-refractivity contribution in [3.05, 3.63) is 0 Å². The maximum absolute atomic E-state index is 7.76. The molecule has 2 nitrogen and oxygen atoms in total. The van der Waals surface area contributed by atoms with Crippen LogP contribution in [-0.2, 0) is 0 Å². The molecule has 1 aliphatic heterocycles. The quantitative estimate of drug-likeness (QED) is 0.453. The smallest absolute Gasteiger partial charge is 0.0983 e. The first kappa shape index (κ1) is 8.57. The van der Waals surface area contributed by atoms with E-state index in [9.17, 15) is 0 Å². The number of amidine groups is 1. The molecule has 1 atom stereocenters. The van der Waals surface area contributed by atoms with Crippen molar-refractivity contribution in [3.8, 4) is 0 Å². The van der Waals surface area contributed by atoms with E-state index in [1.165, 1.54) is 6.42 Å². The molecule has 1 aliphatic rings. The van der Waals surface area contributed by atoms with Crippen molar-refractivity contribution >= 4 is 5.84 Å². The minimum absolute atomic E-state index is 0.389. The zero-order valence-electron chi connectivity index (χ0n) is 7.72. The molecule has 1 rings (SSSR count). The topological polar surface area (TPSA) is 27.1 Å². The van der Waals surface area contributed by atoms with Gasteiger partial charge in [0.2, 0.25) is 0 Å². The van der Waals surface area contributed by atoms with Crippen molar-refractivity contribution in [2.24, 2.45) is 11.8 Å². The predicted molar refractivity (Wildman–Crippen MR) is 47.9 cm³/mol. The highest BCUT2D eigenvalue weighted by Gasteiger charge is 2.21. The number of hydrogen-bond acceptors (Lipinski definition) is 1. The van der Waals surface area contributed by atoms with Crippen LogP contribution in [-0.4, -0.2) is 23.8 Å². The third kappa shape index (κ3) is 1.95. The lowest BCUT2D eigenvalue weighted by atomic mass is 10.1. The van der Waals surface area contributed by atoms with Gasteiger partial charge in [0.05, 0.1) is 5.84 Å². The number of likely N-dealkylation sites (tertiary alicyclic amines) is 1. The van der Waals surface area contributed by atoms with Crippen LogP contribution < -0.4 is 0 Å². The molecule has 0 aromatic rings. The summed E-state index contributed by atoms with van der Waals surface area (Å²) in [5, 5.41) is 7.76. The standard InChI is InChI=1S/C9H18N2/c1-7(2)9(10)11-5-4-8(3)6-11/h7-8,10H,4-6H2,1-3H3.